The molecule has 1 atom stereocenters. The Bertz CT molecular complexity index is 1790. The van der Waals surface area contributed by atoms with Crippen molar-refractivity contribution in [3.8, 4) is 22.6 Å². The molecule has 5 heterocycles. The van der Waals surface area contributed by atoms with Crippen LogP contribution in [0.2, 0.25) is 5.02 Å². The van der Waals surface area contributed by atoms with Crippen LogP contribution in [0, 0.1) is 11.8 Å². The fourth-order valence-corrected chi connectivity index (χ4v) is 6.75. The van der Waals surface area contributed by atoms with Crippen molar-refractivity contribution in [3.05, 3.63) is 94.0 Å². The van der Waals surface area contributed by atoms with Crippen LogP contribution in [-0.2, 0) is 11.3 Å². The standard InChI is InChI=1S/C34H35ClN6O2/c1-22-10-12-23(13-11-22)20-41-33-29(39-34(41)40-14-15-43-21-30(40)24-6-3-2-4-7-24)17-28(27-8-5-9-31(42)37-27)38-32(33)25-16-26(35)19-36-18-25/h2-9,16-19,22-23,30H,10-15,20-21H2,1H3,(H,37,42)/t22-,23-,30-/m0/s1. The number of nitrogens with zero attached hydrogens (tertiary/aromatic N) is 5. The van der Waals surface area contributed by atoms with Gasteiger partial charge in [0.15, 0.2) is 0 Å². The number of imidazole rings is 1. The molecule has 0 spiro atoms. The highest BCUT2D eigenvalue weighted by Crippen LogP contribution is 2.39. The first-order valence-electron chi connectivity index (χ1n) is 15.1. The maximum atomic E-state index is 12.3. The number of hydrogen-bond donors (Lipinski definition) is 1. The summed E-state index contributed by atoms with van der Waals surface area (Å²) in [5.74, 6) is 2.23. The summed E-state index contributed by atoms with van der Waals surface area (Å²) in [7, 11) is 0. The summed E-state index contributed by atoms with van der Waals surface area (Å²) in [5, 5.41) is 0.538. The highest BCUT2D eigenvalue weighted by atomic mass is 35.5. The van der Waals surface area contributed by atoms with Crippen LogP contribution in [0.25, 0.3) is 33.7 Å². The summed E-state index contributed by atoms with van der Waals surface area (Å²) < 4.78 is 8.40. The lowest BCUT2D eigenvalue weighted by atomic mass is 9.83. The Labute approximate surface area is 255 Å². The van der Waals surface area contributed by atoms with Crippen molar-refractivity contribution >= 4 is 28.6 Å². The minimum absolute atomic E-state index is 0.0334. The van der Waals surface area contributed by atoms with Gasteiger partial charge in [-0.1, -0.05) is 67.8 Å². The Morgan fingerprint density at radius 2 is 1.84 bits per heavy atom. The van der Waals surface area contributed by atoms with Gasteiger partial charge in [-0.3, -0.25) is 9.78 Å². The molecule has 1 N–H and O–H groups in total. The first-order valence-corrected chi connectivity index (χ1v) is 15.5. The first-order chi connectivity index (χ1) is 21.0. The molecular formula is C34H35ClN6O2. The van der Waals surface area contributed by atoms with Crippen molar-refractivity contribution < 1.29 is 4.74 Å². The summed E-state index contributed by atoms with van der Waals surface area (Å²) >= 11 is 6.46. The second kappa shape index (κ2) is 11.9. The zero-order valence-electron chi connectivity index (χ0n) is 24.2. The van der Waals surface area contributed by atoms with Gasteiger partial charge in [-0.25, -0.2) is 9.97 Å². The van der Waals surface area contributed by atoms with Crippen LogP contribution in [0.1, 0.15) is 44.2 Å². The molecule has 4 aromatic heterocycles. The number of nitrogens with one attached hydrogen (secondary N) is 1. The van der Waals surface area contributed by atoms with Gasteiger partial charge in [0.2, 0.25) is 11.5 Å². The van der Waals surface area contributed by atoms with Gasteiger partial charge in [-0.2, -0.15) is 0 Å². The predicted octanol–water partition coefficient (Wildman–Crippen LogP) is 6.91. The third-order valence-corrected chi connectivity index (χ3v) is 9.08. The molecule has 8 nitrogen and oxygen atoms in total. The van der Waals surface area contributed by atoms with Gasteiger partial charge in [-0.15, -0.1) is 0 Å². The molecule has 1 aliphatic heterocycles. The SMILES string of the molecule is C[C@H]1CC[C@H](Cn2c(N3CCOC[C@H]3c3ccccc3)nc3cc(-c4cccc(=O)[nH]4)nc(-c4cncc(Cl)c4)c32)CC1. The summed E-state index contributed by atoms with van der Waals surface area (Å²) in [6.07, 6.45) is 8.29. The third-order valence-electron chi connectivity index (χ3n) is 8.87. The number of anilines is 1. The van der Waals surface area contributed by atoms with Gasteiger partial charge in [0, 0.05) is 37.1 Å². The number of hydrogen-bond acceptors (Lipinski definition) is 6. The van der Waals surface area contributed by atoms with Gasteiger partial charge < -0.3 is 19.2 Å². The van der Waals surface area contributed by atoms with Crippen LogP contribution >= 0.6 is 11.6 Å². The number of H-pyrrole nitrogens is 1. The van der Waals surface area contributed by atoms with Crippen molar-refractivity contribution in [2.24, 2.45) is 11.8 Å². The Morgan fingerprint density at radius 1 is 1.00 bits per heavy atom. The van der Waals surface area contributed by atoms with Gasteiger partial charge in [0.05, 0.1) is 52.4 Å². The molecule has 0 bridgehead atoms. The van der Waals surface area contributed by atoms with Crippen LogP contribution in [0.3, 0.4) is 0 Å². The summed E-state index contributed by atoms with van der Waals surface area (Å²) in [5.41, 5.74) is 5.64. The van der Waals surface area contributed by atoms with E-state index in [0.29, 0.717) is 35.5 Å². The van der Waals surface area contributed by atoms with Gasteiger partial charge in [0.1, 0.15) is 0 Å². The minimum atomic E-state index is -0.179. The zero-order chi connectivity index (χ0) is 29.3. The molecule has 220 valence electrons. The van der Waals surface area contributed by atoms with Crippen LogP contribution in [0.15, 0.2) is 77.9 Å². The number of benzene rings is 1. The number of morpholine rings is 1. The second-order valence-corrected chi connectivity index (χ2v) is 12.3. The topological polar surface area (TPSA) is 88.9 Å². The maximum Gasteiger partial charge on any atom is 0.248 e. The summed E-state index contributed by atoms with van der Waals surface area (Å²) in [6, 6.07) is 19.6. The van der Waals surface area contributed by atoms with Crippen molar-refractivity contribution in [3.63, 3.8) is 0 Å². The van der Waals surface area contributed by atoms with Gasteiger partial charge in [-0.05, 0) is 48.4 Å². The van der Waals surface area contributed by atoms with Crippen LogP contribution < -0.4 is 10.5 Å². The Morgan fingerprint density at radius 3 is 2.63 bits per heavy atom. The van der Waals surface area contributed by atoms with Crippen molar-refractivity contribution in [2.75, 3.05) is 24.7 Å². The van der Waals surface area contributed by atoms with Crippen LogP contribution in [0.4, 0.5) is 5.95 Å². The number of fused-ring (bicyclic) bond motifs is 1. The van der Waals surface area contributed by atoms with Crippen LogP contribution in [0.5, 0.6) is 0 Å². The number of rotatable bonds is 6. The molecule has 1 aliphatic carbocycles. The van der Waals surface area contributed by atoms with E-state index in [1.165, 1.54) is 37.3 Å². The highest BCUT2D eigenvalue weighted by Gasteiger charge is 2.32. The fourth-order valence-electron chi connectivity index (χ4n) is 6.58. The smallest absolute Gasteiger partial charge is 0.248 e. The van der Waals surface area contributed by atoms with E-state index in [4.69, 9.17) is 26.3 Å². The van der Waals surface area contributed by atoms with E-state index in [1.807, 2.05) is 24.3 Å². The quantitative estimate of drug-likeness (QED) is 0.230. The predicted molar refractivity (Wildman–Crippen MR) is 170 cm³/mol. The molecule has 2 aliphatic rings. The lowest BCUT2D eigenvalue weighted by Gasteiger charge is -2.37. The molecule has 1 aromatic carbocycles. The van der Waals surface area contributed by atoms with E-state index in [2.05, 4.69) is 50.6 Å². The molecule has 1 saturated heterocycles. The third kappa shape index (κ3) is 5.69. The molecule has 0 unspecified atom stereocenters. The van der Waals surface area contributed by atoms with E-state index >= 15 is 0 Å². The molecule has 43 heavy (non-hydrogen) atoms. The van der Waals surface area contributed by atoms with E-state index in [0.717, 1.165) is 47.2 Å². The van der Waals surface area contributed by atoms with Crippen molar-refractivity contribution in [1.29, 1.82) is 0 Å². The molecule has 2 fully saturated rings. The number of aromatic amines is 1. The van der Waals surface area contributed by atoms with E-state index in [-0.39, 0.29) is 11.6 Å². The lowest BCUT2D eigenvalue weighted by molar-refractivity contribution is 0.0927. The average molecular weight is 595 g/mol. The minimum Gasteiger partial charge on any atom is -0.377 e. The van der Waals surface area contributed by atoms with Crippen LogP contribution in [-0.4, -0.2) is 44.3 Å². The number of pyridine rings is 3. The van der Waals surface area contributed by atoms with Crippen molar-refractivity contribution in [2.45, 2.75) is 45.2 Å². The number of halogens is 1. The first kappa shape index (κ1) is 27.8. The summed E-state index contributed by atoms with van der Waals surface area (Å²) in [4.78, 5) is 32.5. The lowest BCUT2D eigenvalue weighted by Crippen LogP contribution is -2.41. The van der Waals surface area contributed by atoms with Crippen molar-refractivity contribution in [1.82, 2.24) is 24.5 Å². The monoisotopic (exact) mass is 594 g/mol. The molecule has 5 aromatic rings. The summed E-state index contributed by atoms with van der Waals surface area (Å²) in [6.45, 7) is 5.16. The van der Waals surface area contributed by atoms with Gasteiger partial charge in [0.25, 0.3) is 0 Å². The van der Waals surface area contributed by atoms with E-state index in [1.54, 1.807) is 18.5 Å². The van der Waals surface area contributed by atoms with E-state index < -0.39 is 0 Å². The molecule has 0 amide bonds. The molecule has 1 saturated carbocycles. The Kier molecular flexibility index (Phi) is 7.72. The fraction of sp³-hybridized carbons (Fsp3) is 0.353. The average Bonchev–Trinajstić information content (AvgIpc) is 3.40. The normalized spacial score (nSPS) is 20.9. The highest BCUT2D eigenvalue weighted by molar-refractivity contribution is 6.30. The Hall–Kier alpha value is -4.01. The molecule has 7 rings (SSSR count). The Balaban J connectivity index is 1.46. The maximum absolute atomic E-state index is 12.3. The van der Waals surface area contributed by atoms with E-state index in [9.17, 15) is 4.79 Å². The second-order valence-electron chi connectivity index (χ2n) is 11.9. The van der Waals surface area contributed by atoms with Gasteiger partial charge >= 0.3 is 0 Å². The number of ether oxygens (including phenoxy) is 1. The molecule has 0 radical (unpaired) electrons. The zero-order valence-corrected chi connectivity index (χ0v) is 25.0. The largest absolute Gasteiger partial charge is 0.377 e. The molecule has 9 heteroatoms. The molecular weight excluding hydrogens is 560 g/mol. The number of aromatic nitrogens is 5.